The third-order valence-corrected chi connectivity index (χ3v) is 4.06. The molecule has 0 aromatic heterocycles. The van der Waals surface area contributed by atoms with E-state index >= 15 is 0 Å². The Labute approximate surface area is 124 Å². The Bertz CT molecular complexity index is 555. The average Bonchev–Trinajstić information content (AvgIpc) is 2.81. The highest BCUT2D eigenvalue weighted by molar-refractivity contribution is 5.81. The van der Waals surface area contributed by atoms with Crippen LogP contribution in [0.4, 0.5) is 0 Å². The molecule has 1 aromatic carbocycles. The molecule has 0 bridgehead atoms. The number of rotatable bonds is 4. The summed E-state index contributed by atoms with van der Waals surface area (Å²) in [5.74, 6) is -0.657. The molecule has 2 atom stereocenters. The summed E-state index contributed by atoms with van der Waals surface area (Å²) in [6.45, 7) is 4.64. The molecule has 1 fully saturated rings. The Balaban J connectivity index is 2.09. The number of hydrogen-bond donors (Lipinski definition) is 1. The van der Waals surface area contributed by atoms with Gasteiger partial charge in [-0.1, -0.05) is 24.6 Å². The number of amides is 1. The number of methoxy groups -OCH3 is 1. The van der Waals surface area contributed by atoms with Crippen LogP contribution in [0.2, 0.25) is 0 Å². The van der Waals surface area contributed by atoms with Crippen molar-refractivity contribution in [2.45, 2.75) is 20.3 Å². The summed E-state index contributed by atoms with van der Waals surface area (Å²) in [7, 11) is 1.58. The average molecular weight is 291 g/mol. The topological polar surface area (TPSA) is 66.8 Å². The fourth-order valence-corrected chi connectivity index (χ4v) is 2.81. The third-order valence-electron chi connectivity index (χ3n) is 4.06. The lowest BCUT2D eigenvalue weighted by Gasteiger charge is -2.17. The summed E-state index contributed by atoms with van der Waals surface area (Å²) in [5, 5.41) is 9.13. The molecule has 114 valence electrons. The molecule has 0 aliphatic carbocycles. The number of aliphatic carboxylic acids is 1. The largest absolute Gasteiger partial charge is 0.496 e. The summed E-state index contributed by atoms with van der Waals surface area (Å²) < 4.78 is 5.28. The van der Waals surface area contributed by atoms with Crippen molar-refractivity contribution >= 4 is 11.9 Å². The van der Waals surface area contributed by atoms with E-state index in [0.29, 0.717) is 18.8 Å². The first-order valence-electron chi connectivity index (χ1n) is 7.06. The van der Waals surface area contributed by atoms with Crippen molar-refractivity contribution in [3.05, 3.63) is 29.3 Å². The van der Waals surface area contributed by atoms with E-state index in [4.69, 9.17) is 9.84 Å². The molecule has 5 heteroatoms. The molecule has 0 spiro atoms. The van der Waals surface area contributed by atoms with Crippen LogP contribution in [0.25, 0.3) is 0 Å². The first kappa shape index (κ1) is 15.4. The van der Waals surface area contributed by atoms with Gasteiger partial charge in [0.2, 0.25) is 5.91 Å². The van der Waals surface area contributed by atoms with Crippen LogP contribution >= 0.6 is 0 Å². The molecule has 1 N–H and O–H groups in total. The van der Waals surface area contributed by atoms with E-state index in [9.17, 15) is 9.59 Å². The number of carbonyl (C=O) groups is 2. The molecule has 1 heterocycles. The first-order chi connectivity index (χ1) is 9.92. The molecular formula is C16H21NO4. The second-order valence-electron chi connectivity index (χ2n) is 5.71. The SMILES string of the molecule is COc1ccc(C)cc1CC(=O)N1C[C@@H](C)[C@H](C(=O)O)C1. The van der Waals surface area contributed by atoms with Crippen molar-refractivity contribution in [1.29, 1.82) is 0 Å². The third kappa shape index (κ3) is 3.35. The number of ether oxygens (including phenoxy) is 1. The van der Waals surface area contributed by atoms with Crippen LogP contribution in [0.3, 0.4) is 0 Å². The molecule has 2 rings (SSSR count). The van der Waals surface area contributed by atoms with Gasteiger partial charge in [0.25, 0.3) is 0 Å². The Hall–Kier alpha value is -2.04. The zero-order valence-corrected chi connectivity index (χ0v) is 12.6. The fourth-order valence-electron chi connectivity index (χ4n) is 2.81. The number of carbonyl (C=O) groups excluding carboxylic acids is 1. The fraction of sp³-hybridized carbons (Fsp3) is 0.500. The van der Waals surface area contributed by atoms with Crippen LogP contribution in [0.1, 0.15) is 18.1 Å². The van der Waals surface area contributed by atoms with Crippen molar-refractivity contribution in [2.24, 2.45) is 11.8 Å². The molecule has 5 nitrogen and oxygen atoms in total. The highest BCUT2D eigenvalue weighted by Crippen LogP contribution is 2.26. The normalized spacial score (nSPS) is 21.4. The summed E-state index contributed by atoms with van der Waals surface area (Å²) in [4.78, 5) is 25.2. The van der Waals surface area contributed by atoms with Crippen LogP contribution in [0, 0.1) is 18.8 Å². The van der Waals surface area contributed by atoms with Gasteiger partial charge >= 0.3 is 5.97 Å². The van der Waals surface area contributed by atoms with Gasteiger partial charge in [0.1, 0.15) is 5.75 Å². The van der Waals surface area contributed by atoms with Crippen LogP contribution in [0.15, 0.2) is 18.2 Å². The van der Waals surface area contributed by atoms with Crippen LogP contribution < -0.4 is 4.74 Å². The minimum atomic E-state index is -0.828. The number of carboxylic acid groups (broad SMARTS) is 1. The Morgan fingerprint density at radius 2 is 2.10 bits per heavy atom. The Morgan fingerprint density at radius 3 is 2.67 bits per heavy atom. The number of nitrogens with zero attached hydrogens (tertiary/aromatic N) is 1. The molecule has 1 aliphatic rings. The van der Waals surface area contributed by atoms with E-state index in [1.165, 1.54) is 0 Å². The highest BCUT2D eigenvalue weighted by Gasteiger charge is 2.36. The monoisotopic (exact) mass is 291 g/mol. The zero-order chi connectivity index (χ0) is 15.6. The number of hydrogen-bond acceptors (Lipinski definition) is 3. The second-order valence-corrected chi connectivity index (χ2v) is 5.71. The van der Waals surface area contributed by atoms with Crippen molar-refractivity contribution in [2.75, 3.05) is 20.2 Å². The van der Waals surface area contributed by atoms with Crippen LogP contribution in [-0.4, -0.2) is 42.1 Å². The molecule has 0 unspecified atom stereocenters. The number of benzene rings is 1. The Morgan fingerprint density at radius 1 is 1.38 bits per heavy atom. The van der Waals surface area contributed by atoms with E-state index in [-0.39, 0.29) is 18.2 Å². The lowest BCUT2D eigenvalue weighted by atomic mass is 9.99. The van der Waals surface area contributed by atoms with Crippen LogP contribution in [-0.2, 0) is 16.0 Å². The minimum Gasteiger partial charge on any atom is -0.496 e. The summed E-state index contributed by atoms with van der Waals surface area (Å²) in [6.07, 6.45) is 0.240. The van der Waals surface area contributed by atoms with Gasteiger partial charge in [-0.15, -0.1) is 0 Å². The molecule has 21 heavy (non-hydrogen) atoms. The van der Waals surface area contributed by atoms with Crippen molar-refractivity contribution in [3.8, 4) is 5.75 Å². The van der Waals surface area contributed by atoms with Gasteiger partial charge in [0, 0.05) is 18.7 Å². The van der Waals surface area contributed by atoms with Gasteiger partial charge in [-0.2, -0.15) is 0 Å². The molecule has 1 amide bonds. The Kier molecular flexibility index (Phi) is 4.50. The van der Waals surface area contributed by atoms with Crippen molar-refractivity contribution in [3.63, 3.8) is 0 Å². The lowest BCUT2D eigenvalue weighted by molar-refractivity contribution is -0.142. The maximum atomic E-state index is 12.4. The van der Waals surface area contributed by atoms with Gasteiger partial charge in [-0.25, -0.2) is 0 Å². The number of carboxylic acids is 1. The van der Waals surface area contributed by atoms with E-state index in [1.807, 2.05) is 32.0 Å². The predicted molar refractivity (Wildman–Crippen MR) is 78.3 cm³/mol. The molecule has 1 saturated heterocycles. The van der Waals surface area contributed by atoms with Gasteiger partial charge in [0.15, 0.2) is 0 Å². The molecule has 1 aliphatic heterocycles. The lowest BCUT2D eigenvalue weighted by Crippen LogP contribution is -2.31. The maximum Gasteiger partial charge on any atom is 0.308 e. The van der Waals surface area contributed by atoms with E-state index in [2.05, 4.69) is 0 Å². The molecule has 0 radical (unpaired) electrons. The van der Waals surface area contributed by atoms with Gasteiger partial charge in [0.05, 0.1) is 19.4 Å². The molecule has 0 saturated carbocycles. The quantitative estimate of drug-likeness (QED) is 0.917. The standard InChI is InChI=1S/C16H21NO4/c1-10-4-5-14(21-3)12(6-10)7-15(18)17-8-11(2)13(9-17)16(19)20/h4-6,11,13H,7-9H2,1-3H3,(H,19,20)/t11-,13-/m1/s1. The number of likely N-dealkylation sites (tertiary alicyclic amines) is 1. The van der Waals surface area contributed by atoms with Gasteiger partial charge in [-0.3, -0.25) is 9.59 Å². The molecule has 1 aromatic rings. The second kappa shape index (κ2) is 6.16. The minimum absolute atomic E-state index is 0.00847. The van der Waals surface area contributed by atoms with Crippen molar-refractivity contribution < 1.29 is 19.4 Å². The van der Waals surface area contributed by atoms with Gasteiger partial charge < -0.3 is 14.7 Å². The smallest absolute Gasteiger partial charge is 0.308 e. The maximum absolute atomic E-state index is 12.4. The zero-order valence-electron chi connectivity index (χ0n) is 12.6. The van der Waals surface area contributed by atoms with E-state index in [0.717, 1.165) is 11.1 Å². The van der Waals surface area contributed by atoms with E-state index in [1.54, 1.807) is 12.0 Å². The summed E-state index contributed by atoms with van der Waals surface area (Å²) in [5.41, 5.74) is 1.91. The van der Waals surface area contributed by atoms with Crippen LogP contribution in [0.5, 0.6) is 5.75 Å². The number of aryl methyl sites for hydroxylation is 1. The highest BCUT2D eigenvalue weighted by atomic mass is 16.5. The molecular weight excluding hydrogens is 270 g/mol. The van der Waals surface area contributed by atoms with Crippen molar-refractivity contribution in [1.82, 2.24) is 4.90 Å². The predicted octanol–water partition coefficient (Wildman–Crippen LogP) is 1.73. The summed E-state index contributed by atoms with van der Waals surface area (Å²) in [6, 6.07) is 5.72. The first-order valence-corrected chi connectivity index (χ1v) is 7.06. The van der Waals surface area contributed by atoms with E-state index < -0.39 is 11.9 Å². The summed E-state index contributed by atoms with van der Waals surface area (Å²) >= 11 is 0. The van der Waals surface area contributed by atoms with Gasteiger partial charge in [-0.05, 0) is 18.9 Å².